The summed E-state index contributed by atoms with van der Waals surface area (Å²) in [5.41, 5.74) is -2.23. The number of aromatic nitrogens is 3. The van der Waals surface area contributed by atoms with Crippen molar-refractivity contribution in [2.45, 2.75) is 18.4 Å². The predicted octanol–water partition coefficient (Wildman–Crippen LogP) is 5.12. The molecule has 0 radical (unpaired) electrons. The lowest BCUT2D eigenvalue weighted by atomic mass is 9.96. The Bertz CT molecular complexity index is 1530. The number of alkyl halides is 6. The van der Waals surface area contributed by atoms with Crippen LogP contribution in [-0.2, 0) is 12.4 Å². The van der Waals surface area contributed by atoms with Gasteiger partial charge in [-0.15, -0.1) is 0 Å². The van der Waals surface area contributed by atoms with E-state index in [1.54, 1.807) is 23.1 Å². The third-order valence-electron chi connectivity index (χ3n) is 6.39. The fraction of sp³-hybridized carbons (Fsp3) is 0.280. The zero-order valence-corrected chi connectivity index (χ0v) is 20.8. The molecule has 7 nitrogen and oxygen atoms in total. The number of hydrogen-bond acceptors (Lipinski definition) is 7. The van der Waals surface area contributed by atoms with E-state index in [0.29, 0.717) is 47.3 Å². The van der Waals surface area contributed by atoms with Crippen molar-refractivity contribution in [2.75, 3.05) is 31.1 Å². The number of nitrogens with zero attached hydrogens (tertiary/aromatic N) is 3. The van der Waals surface area contributed by atoms with Crippen LogP contribution in [0.2, 0.25) is 0 Å². The van der Waals surface area contributed by atoms with Gasteiger partial charge in [-0.1, -0.05) is 23.5 Å². The van der Waals surface area contributed by atoms with Gasteiger partial charge < -0.3 is 20.4 Å². The summed E-state index contributed by atoms with van der Waals surface area (Å²) in [5, 5.41) is 31.5. The summed E-state index contributed by atoms with van der Waals surface area (Å²) >= 11 is 1.01. The Labute approximate surface area is 221 Å². The highest BCUT2D eigenvalue weighted by molar-refractivity contribution is 7.17. The SMILES string of the molecule is OCC1CNCCN1c1nc(O)c(C(=Cc2ccc(C(F)(F)F)cc2C(F)(F)F)c2ccc3[nH]ncc3c2)s1. The normalized spacial score (nSPS) is 17.3. The minimum atomic E-state index is -5.08. The third-order valence-corrected chi connectivity index (χ3v) is 7.50. The molecule has 39 heavy (non-hydrogen) atoms. The summed E-state index contributed by atoms with van der Waals surface area (Å²) in [7, 11) is 0. The van der Waals surface area contributed by atoms with Gasteiger partial charge in [-0.05, 0) is 41.5 Å². The van der Waals surface area contributed by atoms with E-state index in [-0.39, 0.29) is 29.2 Å². The molecule has 14 heteroatoms. The van der Waals surface area contributed by atoms with Gasteiger partial charge in [0.1, 0.15) is 4.88 Å². The quantitative estimate of drug-likeness (QED) is 0.197. The van der Waals surface area contributed by atoms with Crippen LogP contribution in [-0.4, -0.2) is 57.7 Å². The number of anilines is 1. The summed E-state index contributed by atoms with van der Waals surface area (Å²) < 4.78 is 81.5. The van der Waals surface area contributed by atoms with Crippen molar-refractivity contribution in [3.05, 3.63) is 69.7 Å². The maximum Gasteiger partial charge on any atom is 0.417 e. The Balaban J connectivity index is 1.70. The fourth-order valence-corrected chi connectivity index (χ4v) is 5.52. The summed E-state index contributed by atoms with van der Waals surface area (Å²) in [6, 6.07) is 5.99. The van der Waals surface area contributed by atoms with Gasteiger partial charge in [0.05, 0.1) is 35.5 Å². The Morgan fingerprint density at radius 2 is 1.90 bits per heavy atom. The number of hydrogen-bond donors (Lipinski definition) is 4. The van der Waals surface area contributed by atoms with Crippen molar-refractivity contribution in [3.8, 4) is 5.88 Å². The highest BCUT2D eigenvalue weighted by atomic mass is 32.1. The van der Waals surface area contributed by atoms with E-state index in [2.05, 4.69) is 20.5 Å². The molecule has 0 aliphatic carbocycles. The van der Waals surface area contributed by atoms with Gasteiger partial charge >= 0.3 is 12.4 Å². The molecular weight excluding hydrogens is 548 g/mol. The van der Waals surface area contributed by atoms with Crippen molar-refractivity contribution in [2.24, 2.45) is 0 Å². The van der Waals surface area contributed by atoms with E-state index in [1.807, 2.05) is 0 Å². The Morgan fingerprint density at radius 3 is 2.62 bits per heavy atom. The Kier molecular flexibility index (Phi) is 7.03. The number of thiazole rings is 1. The van der Waals surface area contributed by atoms with E-state index in [4.69, 9.17) is 0 Å². The van der Waals surface area contributed by atoms with Crippen LogP contribution in [0.25, 0.3) is 22.6 Å². The van der Waals surface area contributed by atoms with E-state index in [1.165, 1.54) is 6.20 Å². The van der Waals surface area contributed by atoms with E-state index < -0.39 is 34.9 Å². The van der Waals surface area contributed by atoms with E-state index >= 15 is 0 Å². The molecule has 0 spiro atoms. The highest BCUT2D eigenvalue weighted by Crippen LogP contribution is 2.43. The lowest BCUT2D eigenvalue weighted by Crippen LogP contribution is -2.53. The predicted molar refractivity (Wildman–Crippen MR) is 134 cm³/mol. The molecule has 0 saturated carbocycles. The molecule has 1 fully saturated rings. The van der Waals surface area contributed by atoms with Gasteiger partial charge in [0.2, 0.25) is 5.88 Å². The van der Waals surface area contributed by atoms with Crippen molar-refractivity contribution < 1.29 is 36.6 Å². The molecule has 0 amide bonds. The fourth-order valence-electron chi connectivity index (χ4n) is 4.42. The van der Waals surface area contributed by atoms with Gasteiger partial charge in [-0.2, -0.15) is 36.4 Å². The first-order chi connectivity index (χ1) is 18.5. The summed E-state index contributed by atoms with van der Waals surface area (Å²) in [5.74, 6) is -0.454. The van der Waals surface area contributed by atoms with Crippen LogP contribution in [0.3, 0.4) is 0 Å². The molecule has 206 valence electrons. The topological polar surface area (TPSA) is 97.3 Å². The number of H-pyrrole nitrogens is 1. The van der Waals surface area contributed by atoms with Crippen LogP contribution < -0.4 is 10.2 Å². The molecule has 1 atom stereocenters. The number of aromatic hydroxyl groups is 1. The second kappa shape index (κ2) is 10.2. The molecule has 5 rings (SSSR count). The van der Waals surface area contributed by atoms with E-state index in [9.17, 15) is 36.6 Å². The average molecular weight is 570 g/mol. The summed E-state index contributed by atoms with van der Waals surface area (Å²) in [6.07, 6.45) is -7.43. The first kappa shape index (κ1) is 27.0. The smallest absolute Gasteiger partial charge is 0.417 e. The van der Waals surface area contributed by atoms with Crippen molar-refractivity contribution in [1.29, 1.82) is 0 Å². The van der Waals surface area contributed by atoms with Crippen LogP contribution >= 0.6 is 11.3 Å². The summed E-state index contributed by atoms with van der Waals surface area (Å²) in [6.45, 7) is 1.33. The minimum Gasteiger partial charge on any atom is -0.492 e. The molecule has 1 unspecified atom stereocenters. The van der Waals surface area contributed by atoms with Gasteiger partial charge in [0.15, 0.2) is 5.13 Å². The molecule has 4 N–H and O–H groups in total. The number of halogens is 6. The molecule has 4 aromatic rings. The summed E-state index contributed by atoms with van der Waals surface area (Å²) in [4.78, 5) is 6.13. The maximum atomic E-state index is 13.9. The molecule has 1 aliphatic rings. The Morgan fingerprint density at radius 1 is 1.10 bits per heavy atom. The van der Waals surface area contributed by atoms with Gasteiger partial charge in [-0.25, -0.2) is 0 Å². The molecule has 0 bridgehead atoms. The molecule has 1 saturated heterocycles. The number of piperazine rings is 1. The standard InChI is InChI=1S/C25H21F6N5O2S/c26-24(27,28)16-3-1-14(19(9-16)25(29,30)31)8-18(13-2-4-20-15(7-13)10-33-35-20)21-22(38)34-23(39-21)36-6-5-32-11-17(36)12-37/h1-4,7-10,17,32,37-38H,5-6,11-12H2,(H,33,35). The van der Waals surface area contributed by atoms with Crippen LogP contribution in [0.15, 0.2) is 42.6 Å². The van der Waals surface area contributed by atoms with Gasteiger partial charge in [0.25, 0.3) is 0 Å². The second-order valence-electron chi connectivity index (χ2n) is 8.91. The highest BCUT2D eigenvalue weighted by Gasteiger charge is 2.38. The Hall–Kier alpha value is -3.62. The average Bonchev–Trinajstić information content (AvgIpc) is 3.52. The number of rotatable bonds is 5. The van der Waals surface area contributed by atoms with Crippen molar-refractivity contribution in [1.82, 2.24) is 20.5 Å². The molecular formula is C25H21F6N5O2S. The van der Waals surface area contributed by atoms with Crippen LogP contribution in [0.5, 0.6) is 5.88 Å². The lowest BCUT2D eigenvalue weighted by molar-refractivity contribution is -0.143. The van der Waals surface area contributed by atoms with E-state index in [0.717, 1.165) is 23.5 Å². The van der Waals surface area contributed by atoms with Crippen LogP contribution in [0, 0.1) is 0 Å². The number of fused-ring (bicyclic) bond motifs is 1. The molecule has 1 aliphatic heterocycles. The van der Waals surface area contributed by atoms with Crippen molar-refractivity contribution in [3.63, 3.8) is 0 Å². The van der Waals surface area contributed by atoms with Gasteiger partial charge in [0, 0.05) is 30.6 Å². The third kappa shape index (κ3) is 5.44. The number of nitrogens with one attached hydrogen (secondary N) is 2. The molecule has 2 aromatic carbocycles. The number of aromatic amines is 1. The zero-order chi connectivity index (χ0) is 27.9. The zero-order valence-electron chi connectivity index (χ0n) is 19.9. The number of aliphatic hydroxyl groups excluding tert-OH is 1. The first-order valence-electron chi connectivity index (χ1n) is 11.7. The van der Waals surface area contributed by atoms with Crippen LogP contribution in [0.1, 0.15) is 27.1 Å². The largest absolute Gasteiger partial charge is 0.492 e. The molecule has 3 heterocycles. The van der Waals surface area contributed by atoms with Crippen LogP contribution in [0.4, 0.5) is 31.5 Å². The second-order valence-corrected chi connectivity index (χ2v) is 9.89. The maximum absolute atomic E-state index is 13.9. The monoisotopic (exact) mass is 569 g/mol. The molecule has 2 aromatic heterocycles. The number of benzene rings is 2. The lowest BCUT2D eigenvalue weighted by Gasteiger charge is -2.34. The van der Waals surface area contributed by atoms with Crippen molar-refractivity contribution >= 4 is 39.0 Å². The minimum absolute atomic E-state index is 0.0766. The van der Waals surface area contributed by atoms with Gasteiger partial charge in [-0.3, -0.25) is 5.10 Å². The first-order valence-corrected chi connectivity index (χ1v) is 12.5. The number of aliphatic hydroxyl groups is 1.